The average Bonchev–Trinajstić information content (AvgIpc) is 2.86. The van der Waals surface area contributed by atoms with Gasteiger partial charge in [0.05, 0.1) is 12.0 Å². The highest BCUT2D eigenvalue weighted by Crippen LogP contribution is 2.33. The Morgan fingerprint density at radius 2 is 0.743 bits per heavy atom. The Kier molecular flexibility index (Phi) is 26.1. The van der Waals surface area contributed by atoms with Crippen LogP contribution in [0.1, 0.15) is 195 Å². The molecule has 0 rings (SSSR count). The van der Waals surface area contributed by atoms with Gasteiger partial charge < -0.3 is 4.74 Å². The maximum Gasteiger partial charge on any atom is 0.311 e. The van der Waals surface area contributed by atoms with Crippen molar-refractivity contribution in [3.63, 3.8) is 0 Å². The summed E-state index contributed by atoms with van der Waals surface area (Å²) in [6.45, 7) is 9.63. The molecule has 0 aromatic carbocycles. The van der Waals surface area contributed by atoms with Crippen LogP contribution in [0.15, 0.2) is 0 Å². The number of hydrogen-bond acceptors (Lipinski definition) is 2. The van der Waals surface area contributed by atoms with Gasteiger partial charge in [-0.2, -0.15) is 0 Å². The third-order valence-electron chi connectivity index (χ3n) is 7.89. The van der Waals surface area contributed by atoms with Crippen LogP contribution in [0, 0.1) is 5.41 Å². The van der Waals surface area contributed by atoms with Crippen molar-refractivity contribution in [1.29, 1.82) is 0 Å². The molecule has 0 heterocycles. The zero-order valence-corrected chi connectivity index (χ0v) is 24.9. The van der Waals surface area contributed by atoms with Crippen LogP contribution >= 0.6 is 0 Å². The van der Waals surface area contributed by atoms with Crippen molar-refractivity contribution in [1.82, 2.24) is 0 Å². The molecule has 2 heteroatoms. The quantitative estimate of drug-likeness (QED) is 0.0798. The molecule has 0 fully saturated rings. The number of carbonyl (C=O) groups is 1. The summed E-state index contributed by atoms with van der Waals surface area (Å²) in [5, 5.41) is 0. The molecule has 0 aliphatic heterocycles. The molecule has 0 bridgehead atoms. The van der Waals surface area contributed by atoms with Gasteiger partial charge in [0.25, 0.3) is 0 Å². The molecule has 1 unspecified atom stereocenters. The second-order valence-electron chi connectivity index (χ2n) is 11.6. The van der Waals surface area contributed by atoms with Crippen molar-refractivity contribution in [2.75, 3.05) is 6.61 Å². The molecule has 0 saturated carbocycles. The van der Waals surface area contributed by atoms with Crippen molar-refractivity contribution in [2.45, 2.75) is 195 Å². The highest BCUT2D eigenvalue weighted by atomic mass is 16.5. The predicted octanol–water partition coefficient (Wildman–Crippen LogP) is 11.7. The zero-order valence-electron chi connectivity index (χ0n) is 24.9. The minimum atomic E-state index is -0.271. The summed E-state index contributed by atoms with van der Waals surface area (Å²) >= 11 is 0. The Hall–Kier alpha value is -0.530. The molecule has 0 spiro atoms. The lowest BCUT2D eigenvalue weighted by Crippen LogP contribution is -2.30. The van der Waals surface area contributed by atoms with Gasteiger partial charge in [0.1, 0.15) is 0 Å². The lowest BCUT2D eigenvalue weighted by atomic mass is 9.79. The SMILES string of the molecule is CCCCCCCCCCCCOC(=O)C(C)(CCCCCC)CCCCCCCCCCCC. The van der Waals surface area contributed by atoms with Gasteiger partial charge in [0.15, 0.2) is 0 Å². The zero-order chi connectivity index (χ0) is 25.9. The van der Waals surface area contributed by atoms with E-state index >= 15 is 0 Å². The first-order chi connectivity index (χ1) is 17.1. The number of ether oxygens (including phenoxy) is 1. The van der Waals surface area contributed by atoms with E-state index in [1.807, 2.05) is 0 Å². The second kappa shape index (κ2) is 26.5. The van der Waals surface area contributed by atoms with Gasteiger partial charge in [0, 0.05) is 0 Å². The summed E-state index contributed by atoms with van der Waals surface area (Å²) in [7, 11) is 0. The molecule has 0 aliphatic carbocycles. The van der Waals surface area contributed by atoms with E-state index in [4.69, 9.17) is 4.74 Å². The minimum absolute atomic E-state index is 0.0841. The van der Waals surface area contributed by atoms with Crippen LogP contribution in [-0.2, 0) is 9.53 Å². The Morgan fingerprint density at radius 3 is 1.11 bits per heavy atom. The number of carbonyl (C=O) groups excluding carboxylic acids is 1. The van der Waals surface area contributed by atoms with E-state index in [2.05, 4.69) is 27.7 Å². The Labute approximate surface area is 222 Å². The van der Waals surface area contributed by atoms with E-state index < -0.39 is 0 Å². The van der Waals surface area contributed by atoms with Crippen LogP contribution in [0.3, 0.4) is 0 Å². The van der Waals surface area contributed by atoms with Crippen LogP contribution in [0.2, 0.25) is 0 Å². The average molecular weight is 495 g/mol. The first-order valence-corrected chi connectivity index (χ1v) is 16.3. The first kappa shape index (κ1) is 34.5. The Bertz CT molecular complexity index is 433. The van der Waals surface area contributed by atoms with Gasteiger partial charge >= 0.3 is 5.97 Å². The molecule has 0 amide bonds. The monoisotopic (exact) mass is 495 g/mol. The smallest absolute Gasteiger partial charge is 0.311 e. The van der Waals surface area contributed by atoms with Gasteiger partial charge in [-0.3, -0.25) is 4.79 Å². The summed E-state index contributed by atoms with van der Waals surface area (Å²) in [6, 6.07) is 0. The molecule has 0 aliphatic rings. The maximum absolute atomic E-state index is 13.1. The summed E-state index contributed by atoms with van der Waals surface area (Å²) in [4.78, 5) is 13.1. The van der Waals surface area contributed by atoms with E-state index in [1.54, 1.807) is 0 Å². The maximum atomic E-state index is 13.1. The summed E-state index contributed by atoms with van der Waals surface area (Å²) < 4.78 is 5.84. The molecule has 0 aromatic heterocycles. The Balaban J connectivity index is 4.05. The standard InChI is InChI=1S/C33H66O2/c1-5-8-11-14-16-18-20-22-24-27-30-33(4,29-26-13-10-7-3)32(34)35-31-28-25-23-21-19-17-15-12-9-6-2/h5-31H2,1-4H3. The number of esters is 1. The molecular formula is C33H66O2. The first-order valence-electron chi connectivity index (χ1n) is 16.3. The van der Waals surface area contributed by atoms with Gasteiger partial charge in [-0.1, -0.05) is 168 Å². The highest BCUT2D eigenvalue weighted by Gasteiger charge is 2.33. The minimum Gasteiger partial charge on any atom is -0.465 e. The molecule has 35 heavy (non-hydrogen) atoms. The highest BCUT2D eigenvalue weighted by molar-refractivity contribution is 5.76. The fourth-order valence-corrected chi connectivity index (χ4v) is 5.20. The topological polar surface area (TPSA) is 26.3 Å². The molecule has 0 saturated heterocycles. The Morgan fingerprint density at radius 1 is 0.457 bits per heavy atom. The third-order valence-corrected chi connectivity index (χ3v) is 7.89. The molecule has 210 valence electrons. The van der Waals surface area contributed by atoms with Crippen LogP contribution in [0.4, 0.5) is 0 Å². The molecular weight excluding hydrogens is 428 g/mol. The second-order valence-corrected chi connectivity index (χ2v) is 11.6. The largest absolute Gasteiger partial charge is 0.465 e. The lowest BCUT2D eigenvalue weighted by Gasteiger charge is -2.27. The van der Waals surface area contributed by atoms with Crippen molar-refractivity contribution in [2.24, 2.45) is 5.41 Å². The molecule has 0 radical (unpaired) electrons. The van der Waals surface area contributed by atoms with E-state index in [9.17, 15) is 4.79 Å². The van der Waals surface area contributed by atoms with Crippen molar-refractivity contribution >= 4 is 5.97 Å². The number of rotatable bonds is 28. The van der Waals surface area contributed by atoms with Crippen LogP contribution < -0.4 is 0 Å². The molecule has 1 atom stereocenters. The molecule has 0 aromatic rings. The molecule has 0 N–H and O–H groups in total. The van der Waals surface area contributed by atoms with Gasteiger partial charge in [-0.25, -0.2) is 0 Å². The third kappa shape index (κ3) is 22.4. The summed E-state index contributed by atoms with van der Waals surface area (Å²) in [5.74, 6) is 0.0841. The van der Waals surface area contributed by atoms with Crippen LogP contribution in [0.5, 0.6) is 0 Å². The summed E-state index contributed by atoms with van der Waals surface area (Å²) in [5.41, 5.74) is -0.271. The van der Waals surface area contributed by atoms with E-state index in [0.29, 0.717) is 6.61 Å². The number of hydrogen-bond donors (Lipinski definition) is 0. The van der Waals surface area contributed by atoms with Crippen molar-refractivity contribution in [3.05, 3.63) is 0 Å². The van der Waals surface area contributed by atoms with Crippen molar-refractivity contribution in [3.8, 4) is 0 Å². The van der Waals surface area contributed by atoms with E-state index in [-0.39, 0.29) is 11.4 Å². The fraction of sp³-hybridized carbons (Fsp3) is 0.970. The van der Waals surface area contributed by atoms with E-state index in [1.165, 1.54) is 141 Å². The van der Waals surface area contributed by atoms with Gasteiger partial charge in [-0.05, 0) is 26.2 Å². The van der Waals surface area contributed by atoms with Gasteiger partial charge in [0.2, 0.25) is 0 Å². The van der Waals surface area contributed by atoms with Crippen LogP contribution in [-0.4, -0.2) is 12.6 Å². The van der Waals surface area contributed by atoms with Crippen molar-refractivity contribution < 1.29 is 9.53 Å². The van der Waals surface area contributed by atoms with Crippen LogP contribution in [0.25, 0.3) is 0 Å². The van der Waals surface area contributed by atoms with E-state index in [0.717, 1.165) is 25.7 Å². The number of unbranched alkanes of at least 4 members (excludes halogenated alkanes) is 21. The normalized spacial score (nSPS) is 13.1. The fourth-order valence-electron chi connectivity index (χ4n) is 5.20. The lowest BCUT2D eigenvalue weighted by molar-refractivity contribution is -0.156. The molecule has 2 nitrogen and oxygen atoms in total. The summed E-state index contributed by atoms with van der Waals surface area (Å²) in [6.07, 6.45) is 33.6. The predicted molar refractivity (Wildman–Crippen MR) is 156 cm³/mol. The van der Waals surface area contributed by atoms with Gasteiger partial charge in [-0.15, -0.1) is 0 Å².